The Morgan fingerprint density at radius 2 is 1.86 bits per heavy atom. The molecule has 2 aromatic rings. The molecule has 1 atom stereocenters. The van der Waals surface area contributed by atoms with Gasteiger partial charge in [-0.3, -0.25) is 4.79 Å². The monoisotopic (exact) mass is 383 g/mol. The molecular weight excluding hydrogens is 354 g/mol. The highest BCUT2D eigenvalue weighted by Gasteiger charge is 2.19. The summed E-state index contributed by atoms with van der Waals surface area (Å²) in [5.74, 6) is 1.31. The summed E-state index contributed by atoms with van der Waals surface area (Å²) in [4.78, 5) is 12.2. The average Bonchev–Trinajstić information content (AvgIpc) is 3.19. The highest BCUT2D eigenvalue weighted by atomic mass is 16.5. The summed E-state index contributed by atoms with van der Waals surface area (Å²) in [5.41, 5.74) is 1.74. The van der Waals surface area contributed by atoms with Crippen LogP contribution in [0.1, 0.15) is 39.2 Å². The Bertz CT molecular complexity index is 774. The highest BCUT2D eigenvalue weighted by Crippen LogP contribution is 2.30. The van der Waals surface area contributed by atoms with Gasteiger partial charge < -0.3 is 19.5 Å². The van der Waals surface area contributed by atoms with E-state index >= 15 is 0 Å². The Morgan fingerprint density at radius 3 is 2.54 bits per heavy atom. The predicted octanol–water partition coefficient (Wildman–Crippen LogP) is 4.56. The van der Waals surface area contributed by atoms with Crippen molar-refractivity contribution in [2.75, 3.05) is 25.1 Å². The summed E-state index contributed by atoms with van der Waals surface area (Å²) in [7, 11) is 0. The zero-order valence-electron chi connectivity index (χ0n) is 16.9. The van der Waals surface area contributed by atoms with E-state index in [0.717, 1.165) is 36.5 Å². The van der Waals surface area contributed by atoms with Crippen molar-refractivity contribution in [3.05, 3.63) is 54.1 Å². The van der Waals surface area contributed by atoms with Gasteiger partial charge in [0.25, 0.3) is 5.91 Å². The maximum absolute atomic E-state index is 12.2. The maximum atomic E-state index is 12.2. The van der Waals surface area contributed by atoms with E-state index < -0.39 is 0 Å². The highest BCUT2D eigenvalue weighted by molar-refractivity contribution is 5.91. The van der Waals surface area contributed by atoms with Gasteiger partial charge in [-0.05, 0) is 54.2 Å². The Morgan fingerprint density at radius 1 is 1.11 bits per heavy atom. The molecule has 1 N–H and O–H groups in total. The van der Waals surface area contributed by atoms with Crippen molar-refractivity contribution in [2.24, 2.45) is 0 Å². The standard InChI is InChI=1S/C23H29NO4/c1-23(2,3)20-8-4-5-9-21(20)28-16-22(25)24-17-10-12-18(13-11-17)27-15-19-7-6-14-26-19/h4-5,8-13,19H,6-7,14-16H2,1-3H3,(H,24,25). The fourth-order valence-corrected chi connectivity index (χ4v) is 3.15. The van der Waals surface area contributed by atoms with Gasteiger partial charge >= 0.3 is 0 Å². The van der Waals surface area contributed by atoms with Gasteiger partial charge in [0, 0.05) is 12.3 Å². The first kappa shape index (κ1) is 20.2. The number of hydrogen-bond acceptors (Lipinski definition) is 4. The summed E-state index contributed by atoms with van der Waals surface area (Å²) in [5, 5.41) is 2.85. The number of carbonyl (C=O) groups excluding carboxylic acids is 1. The van der Waals surface area contributed by atoms with Crippen LogP contribution >= 0.6 is 0 Å². The number of ether oxygens (including phenoxy) is 3. The summed E-state index contributed by atoms with van der Waals surface area (Å²) in [6.45, 7) is 7.71. The molecule has 0 bridgehead atoms. The first-order chi connectivity index (χ1) is 13.4. The van der Waals surface area contributed by atoms with Crippen LogP contribution in [-0.2, 0) is 14.9 Å². The van der Waals surface area contributed by atoms with Gasteiger partial charge in [-0.1, -0.05) is 39.0 Å². The van der Waals surface area contributed by atoms with Crippen LogP contribution in [-0.4, -0.2) is 31.8 Å². The Kier molecular flexibility index (Phi) is 6.57. The molecule has 1 aliphatic heterocycles. The van der Waals surface area contributed by atoms with E-state index in [1.807, 2.05) is 48.5 Å². The second-order valence-corrected chi connectivity index (χ2v) is 8.05. The van der Waals surface area contributed by atoms with Crippen LogP contribution in [0.3, 0.4) is 0 Å². The Hall–Kier alpha value is -2.53. The molecule has 5 heteroatoms. The minimum atomic E-state index is -0.197. The SMILES string of the molecule is CC(C)(C)c1ccccc1OCC(=O)Nc1ccc(OCC2CCCO2)cc1. The van der Waals surface area contributed by atoms with Gasteiger partial charge in [0.15, 0.2) is 6.61 Å². The lowest BCUT2D eigenvalue weighted by molar-refractivity contribution is -0.118. The molecule has 0 aliphatic carbocycles. The number of nitrogens with one attached hydrogen (secondary N) is 1. The Balaban J connectivity index is 1.48. The molecule has 0 saturated carbocycles. The fraction of sp³-hybridized carbons (Fsp3) is 0.435. The summed E-state index contributed by atoms with van der Waals surface area (Å²) >= 11 is 0. The van der Waals surface area contributed by atoms with Gasteiger partial charge in [-0.15, -0.1) is 0 Å². The van der Waals surface area contributed by atoms with Gasteiger partial charge in [-0.25, -0.2) is 0 Å². The van der Waals surface area contributed by atoms with Crippen LogP contribution in [0.2, 0.25) is 0 Å². The molecule has 1 amide bonds. The zero-order chi connectivity index (χ0) is 20.0. The number of anilines is 1. The van der Waals surface area contributed by atoms with Crippen molar-refractivity contribution in [2.45, 2.75) is 45.1 Å². The maximum Gasteiger partial charge on any atom is 0.262 e. The number of carbonyl (C=O) groups is 1. The molecule has 0 spiro atoms. The smallest absolute Gasteiger partial charge is 0.262 e. The van der Waals surface area contributed by atoms with Gasteiger partial charge in [0.05, 0.1) is 6.10 Å². The van der Waals surface area contributed by atoms with Crippen molar-refractivity contribution < 1.29 is 19.0 Å². The van der Waals surface area contributed by atoms with Crippen LogP contribution in [0.4, 0.5) is 5.69 Å². The number of hydrogen-bond donors (Lipinski definition) is 1. The summed E-state index contributed by atoms with van der Waals surface area (Å²) in [6, 6.07) is 15.2. The normalized spacial score (nSPS) is 16.6. The lowest BCUT2D eigenvalue weighted by Gasteiger charge is -2.22. The first-order valence-electron chi connectivity index (χ1n) is 9.78. The molecular formula is C23H29NO4. The van der Waals surface area contributed by atoms with Crippen LogP contribution in [0, 0.1) is 0 Å². The zero-order valence-corrected chi connectivity index (χ0v) is 16.9. The molecule has 2 aromatic carbocycles. The fourth-order valence-electron chi connectivity index (χ4n) is 3.15. The number of benzene rings is 2. The largest absolute Gasteiger partial charge is 0.491 e. The third-order valence-electron chi connectivity index (χ3n) is 4.65. The van der Waals surface area contributed by atoms with E-state index in [0.29, 0.717) is 12.3 Å². The summed E-state index contributed by atoms with van der Waals surface area (Å²) in [6.07, 6.45) is 2.33. The molecule has 3 rings (SSSR count). The van der Waals surface area contributed by atoms with Crippen LogP contribution in [0.25, 0.3) is 0 Å². The lowest BCUT2D eigenvalue weighted by Crippen LogP contribution is -2.22. The van der Waals surface area contributed by atoms with Gasteiger partial charge in [0.1, 0.15) is 18.1 Å². The molecule has 150 valence electrons. The number of para-hydroxylation sites is 1. The van der Waals surface area contributed by atoms with Crippen molar-refractivity contribution >= 4 is 11.6 Å². The van der Waals surface area contributed by atoms with E-state index in [1.54, 1.807) is 0 Å². The van der Waals surface area contributed by atoms with Crippen LogP contribution < -0.4 is 14.8 Å². The minimum absolute atomic E-state index is 0.0373. The van der Waals surface area contributed by atoms with Crippen molar-refractivity contribution in [1.82, 2.24) is 0 Å². The van der Waals surface area contributed by atoms with E-state index in [1.165, 1.54) is 0 Å². The first-order valence-corrected chi connectivity index (χ1v) is 9.78. The van der Waals surface area contributed by atoms with E-state index in [-0.39, 0.29) is 24.0 Å². The van der Waals surface area contributed by atoms with E-state index in [4.69, 9.17) is 14.2 Å². The van der Waals surface area contributed by atoms with Crippen molar-refractivity contribution in [3.63, 3.8) is 0 Å². The molecule has 1 saturated heterocycles. The quantitative estimate of drug-likeness (QED) is 0.761. The van der Waals surface area contributed by atoms with E-state index in [9.17, 15) is 4.79 Å². The molecule has 0 radical (unpaired) electrons. The molecule has 1 aliphatic rings. The second-order valence-electron chi connectivity index (χ2n) is 8.05. The molecule has 28 heavy (non-hydrogen) atoms. The van der Waals surface area contributed by atoms with Crippen molar-refractivity contribution in [3.8, 4) is 11.5 Å². The van der Waals surface area contributed by atoms with Crippen LogP contribution in [0.5, 0.6) is 11.5 Å². The molecule has 5 nitrogen and oxygen atoms in total. The second kappa shape index (κ2) is 9.11. The van der Waals surface area contributed by atoms with Gasteiger partial charge in [-0.2, -0.15) is 0 Å². The molecule has 1 unspecified atom stereocenters. The van der Waals surface area contributed by atoms with E-state index in [2.05, 4.69) is 26.1 Å². The number of rotatable bonds is 7. The topological polar surface area (TPSA) is 56.8 Å². The average molecular weight is 383 g/mol. The number of amides is 1. The minimum Gasteiger partial charge on any atom is -0.491 e. The Labute approximate surface area is 167 Å². The molecule has 1 fully saturated rings. The third kappa shape index (κ3) is 5.73. The summed E-state index contributed by atoms with van der Waals surface area (Å²) < 4.78 is 17.1. The molecule has 0 aromatic heterocycles. The predicted molar refractivity (Wildman–Crippen MR) is 110 cm³/mol. The van der Waals surface area contributed by atoms with Gasteiger partial charge in [0.2, 0.25) is 0 Å². The van der Waals surface area contributed by atoms with Crippen molar-refractivity contribution in [1.29, 1.82) is 0 Å². The van der Waals surface area contributed by atoms with Crippen LogP contribution in [0.15, 0.2) is 48.5 Å². The third-order valence-corrected chi connectivity index (χ3v) is 4.65. The lowest BCUT2D eigenvalue weighted by atomic mass is 9.86. The molecule has 1 heterocycles.